The lowest BCUT2D eigenvalue weighted by atomic mass is 10.3. The molecule has 0 atom stereocenters. The molecular formula is C9H14N4O. The number of nitrogens with two attached hydrogens (primary N) is 1. The van der Waals surface area contributed by atoms with Crippen molar-refractivity contribution in [1.29, 1.82) is 0 Å². The first-order valence-corrected chi connectivity index (χ1v) is 4.72. The van der Waals surface area contributed by atoms with Crippen LogP contribution in [0.25, 0.3) is 0 Å². The van der Waals surface area contributed by atoms with E-state index in [1.165, 1.54) is 0 Å². The summed E-state index contributed by atoms with van der Waals surface area (Å²) in [7, 11) is 2.06. The van der Waals surface area contributed by atoms with Crippen molar-refractivity contribution >= 4 is 5.91 Å². The molecule has 76 valence electrons. The molecule has 0 spiro atoms. The van der Waals surface area contributed by atoms with Crippen molar-refractivity contribution in [3.8, 4) is 0 Å². The third-order valence-electron chi connectivity index (χ3n) is 2.46. The van der Waals surface area contributed by atoms with Gasteiger partial charge in [-0.25, -0.2) is 0 Å². The standard InChI is InChI=1S/C9H14N4O/c1-12-3-2-4-13-7(6-12)5-8(11-13)9(10)14/h5H,2-4,6H2,1H3,(H2,10,14). The van der Waals surface area contributed by atoms with Gasteiger partial charge in [-0.15, -0.1) is 0 Å². The van der Waals surface area contributed by atoms with Crippen molar-refractivity contribution in [2.24, 2.45) is 5.73 Å². The van der Waals surface area contributed by atoms with Crippen molar-refractivity contribution in [3.63, 3.8) is 0 Å². The lowest BCUT2D eigenvalue weighted by Gasteiger charge is -2.10. The van der Waals surface area contributed by atoms with Crippen LogP contribution in [0.1, 0.15) is 22.6 Å². The van der Waals surface area contributed by atoms with Crippen molar-refractivity contribution in [2.75, 3.05) is 13.6 Å². The van der Waals surface area contributed by atoms with E-state index in [2.05, 4.69) is 17.0 Å². The van der Waals surface area contributed by atoms with Gasteiger partial charge in [0.1, 0.15) is 5.69 Å². The Bertz CT molecular complexity index is 358. The Labute approximate surface area is 82.5 Å². The molecule has 0 radical (unpaired) electrons. The monoisotopic (exact) mass is 194 g/mol. The molecule has 2 rings (SSSR count). The Hall–Kier alpha value is -1.36. The highest BCUT2D eigenvalue weighted by Crippen LogP contribution is 2.11. The first-order chi connectivity index (χ1) is 6.66. The van der Waals surface area contributed by atoms with Gasteiger partial charge in [-0.05, 0) is 19.5 Å². The number of primary amides is 1. The molecule has 0 fully saturated rings. The van der Waals surface area contributed by atoms with E-state index >= 15 is 0 Å². The number of aryl methyl sites for hydroxylation is 1. The number of rotatable bonds is 1. The molecule has 0 saturated heterocycles. The summed E-state index contributed by atoms with van der Waals surface area (Å²) < 4.78 is 1.88. The summed E-state index contributed by atoms with van der Waals surface area (Å²) >= 11 is 0. The highest BCUT2D eigenvalue weighted by Gasteiger charge is 2.15. The summed E-state index contributed by atoms with van der Waals surface area (Å²) in [6, 6.07) is 1.78. The van der Waals surface area contributed by atoms with Crippen LogP contribution in [0.5, 0.6) is 0 Å². The van der Waals surface area contributed by atoms with Gasteiger partial charge in [-0.3, -0.25) is 9.48 Å². The highest BCUT2D eigenvalue weighted by molar-refractivity contribution is 5.90. The molecule has 0 bridgehead atoms. The number of fused-ring (bicyclic) bond motifs is 1. The second-order valence-electron chi connectivity index (χ2n) is 3.70. The van der Waals surface area contributed by atoms with E-state index in [4.69, 9.17) is 5.73 Å². The van der Waals surface area contributed by atoms with Crippen LogP contribution in [-0.2, 0) is 13.1 Å². The number of amides is 1. The average molecular weight is 194 g/mol. The van der Waals surface area contributed by atoms with Crippen LogP contribution in [0.3, 0.4) is 0 Å². The van der Waals surface area contributed by atoms with Crippen molar-refractivity contribution < 1.29 is 4.79 Å². The fourth-order valence-electron chi connectivity index (χ4n) is 1.74. The lowest BCUT2D eigenvalue weighted by Crippen LogP contribution is -2.17. The van der Waals surface area contributed by atoms with Crippen LogP contribution in [0, 0.1) is 0 Å². The molecule has 1 aromatic heterocycles. The maximum absolute atomic E-state index is 10.9. The quantitative estimate of drug-likeness (QED) is 0.674. The van der Waals surface area contributed by atoms with Gasteiger partial charge in [0.15, 0.2) is 0 Å². The molecule has 0 saturated carbocycles. The minimum atomic E-state index is -0.451. The lowest BCUT2D eigenvalue weighted by molar-refractivity contribution is 0.0994. The van der Waals surface area contributed by atoms with Crippen molar-refractivity contribution in [2.45, 2.75) is 19.5 Å². The third-order valence-corrected chi connectivity index (χ3v) is 2.46. The van der Waals surface area contributed by atoms with Gasteiger partial charge in [0.05, 0.1) is 5.69 Å². The molecule has 1 amide bonds. The zero-order valence-corrected chi connectivity index (χ0v) is 8.23. The Morgan fingerprint density at radius 1 is 1.57 bits per heavy atom. The average Bonchev–Trinajstić information content (AvgIpc) is 2.42. The summed E-state index contributed by atoms with van der Waals surface area (Å²) in [6.45, 7) is 2.77. The molecule has 5 nitrogen and oxygen atoms in total. The molecule has 0 aromatic carbocycles. The van der Waals surface area contributed by atoms with Gasteiger partial charge in [0, 0.05) is 19.6 Å². The zero-order chi connectivity index (χ0) is 10.1. The Morgan fingerprint density at radius 3 is 3.07 bits per heavy atom. The van der Waals surface area contributed by atoms with Gasteiger partial charge in [0.25, 0.3) is 5.91 Å². The van der Waals surface area contributed by atoms with Gasteiger partial charge in [-0.2, -0.15) is 5.10 Å². The number of hydrogen-bond donors (Lipinski definition) is 1. The Kier molecular flexibility index (Phi) is 2.25. The van der Waals surface area contributed by atoms with E-state index in [1.54, 1.807) is 6.07 Å². The summed E-state index contributed by atoms with van der Waals surface area (Å²) in [5.41, 5.74) is 6.61. The molecule has 14 heavy (non-hydrogen) atoms. The predicted octanol–water partition coefficient (Wildman–Crippen LogP) is -0.182. The molecule has 1 aliphatic rings. The number of aromatic nitrogens is 2. The smallest absolute Gasteiger partial charge is 0.269 e. The van der Waals surface area contributed by atoms with Crippen molar-refractivity contribution in [3.05, 3.63) is 17.5 Å². The molecule has 1 aliphatic heterocycles. The first kappa shape index (κ1) is 9.21. The van der Waals surface area contributed by atoms with Crippen LogP contribution < -0.4 is 5.73 Å². The van der Waals surface area contributed by atoms with Crippen LogP contribution >= 0.6 is 0 Å². The van der Waals surface area contributed by atoms with Crippen LogP contribution in [0.15, 0.2) is 6.07 Å². The summed E-state index contributed by atoms with van der Waals surface area (Å²) in [5.74, 6) is -0.451. The molecule has 2 heterocycles. The first-order valence-electron chi connectivity index (χ1n) is 4.72. The largest absolute Gasteiger partial charge is 0.364 e. The molecular weight excluding hydrogens is 180 g/mol. The molecule has 1 aromatic rings. The van der Waals surface area contributed by atoms with E-state index in [-0.39, 0.29) is 0 Å². The molecule has 0 unspecified atom stereocenters. The van der Waals surface area contributed by atoms with E-state index < -0.39 is 5.91 Å². The van der Waals surface area contributed by atoms with Crippen LogP contribution in [-0.4, -0.2) is 34.2 Å². The molecule has 0 aliphatic carbocycles. The highest BCUT2D eigenvalue weighted by atomic mass is 16.1. The number of carbonyl (C=O) groups is 1. The predicted molar refractivity (Wildman–Crippen MR) is 51.7 cm³/mol. The van der Waals surface area contributed by atoms with Gasteiger partial charge < -0.3 is 10.6 Å². The maximum Gasteiger partial charge on any atom is 0.269 e. The molecule has 2 N–H and O–H groups in total. The Morgan fingerprint density at radius 2 is 2.36 bits per heavy atom. The minimum absolute atomic E-state index is 0.371. The van der Waals surface area contributed by atoms with Crippen LogP contribution in [0.4, 0.5) is 0 Å². The maximum atomic E-state index is 10.9. The summed E-state index contributed by atoms with van der Waals surface area (Å²) in [5, 5.41) is 4.16. The van der Waals surface area contributed by atoms with Crippen molar-refractivity contribution in [1.82, 2.24) is 14.7 Å². The SMILES string of the molecule is CN1CCCn2nc(C(N)=O)cc2C1. The van der Waals surface area contributed by atoms with Gasteiger partial charge >= 0.3 is 0 Å². The van der Waals surface area contributed by atoms with E-state index in [1.807, 2.05) is 4.68 Å². The van der Waals surface area contributed by atoms with Gasteiger partial charge in [-0.1, -0.05) is 0 Å². The second kappa shape index (κ2) is 3.42. The van der Waals surface area contributed by atoms with E-state index in [0.717, 1.165) is 31.7 Å². The molecule has 5 heteroatoms. The van der Waals surface area contributed by atoms with Crippen LogP contribution in [0.2, 0.25) is 0 Å². The normalized spacial score (nSPS) is 17.5. The zero-order valence-electron chi connectivity index (χ0n) is 8.23. The van der Waals surface area contributed by atoms with Gasteiger partial charge in [0.2, 0.25) is 0 Å². The number of nitrogens with zero attached hydrogens (tertiary/aromatic N) is 3. The number of hydrogen-bond acceptors (Lipinski definition) is 3. The summed E-state index contributed by atoms with van der Waals surface area (Å²) in [6.07, 6.45) is 1.06. The second-order valence-corrected chi connectivity index (χ2v) is 3.70. The van der Waals surface area contributed by atoms with E-state index in [9.17, 15) is 4.79 Å². The fourth-order valence-corrected chi connectivity index (χ4v) is 1.74. The third kappa shape index (κ3) is 1.63. The van der Waals surface area contributed by atoms with E-state index in [0.29, 0.717) is 5.69 Å². The topological polar surface area (TPSA) is 64.2 Å². The number of carbonyl (C=O) groups excluding carboxylic acids is 1. The fraction of sp³-hybridized carbons (Fsp3) is 0.556. The minimum Gasteiger partial charge on any atom is -0.364 e. The Balaban J connectivity index is 2.31. The summed E-state index contributed by atoms with van der Waals surface area (Å²) in [4.78, 5) is 13.1.